The standard InChI is InChI=1S/C13H9F3N2O3/c1-7-11(6-19)18(12(20)21-7)9-3-2-8(5-17)10(4-9)13(14,15)16/h2-4,6-7,11H,1H3/t7-,11-/m0/s1. The molecule has 1 aliphatic rings. The maximum Gasteiger partial charge on any atom is 0.417 e. The van der Waals surface area contributed by atoms with Crippen molar-refractivity contribution in [1.82, 2.24) is 0 Å². The Morgan fingerprint density at radius 2 is 2.10 bits per heavy atom. The molecule has 0 spiro atoms. The van der Waals surface area contributed by atoms with E-state index in [9.17, 15) is 22.8 Å². The largest absolute Gasteiger partial charge is 0.443 e. The van der Waals surface area contributed by atoms with E-state index in [1.807, 2.05) is 0 Å². The molecule has 5 nitrogen and oxygen atoms in total. The Bertz CT molecular complexity index is 637. The topological polar surface area (TPSA) is 70.4 Å². The number of carbonyl (C=O) groups excluding carboxylic acids is 2. The van der Waals surface area contributed by atoms with Crippen molar-refractivity contribution in [1.29, 1.82) is 5.26 Å². The molecule has 21 heavy (non-hydrogen) atoms. The minimum atomic E-state index is -4.74. The summed E-state index contributed by atoms with van der Waals surface area (Å²) in [6.45, 7) is 1.46. The molecule has 0 aliphatic carbocycles. The van der Waals surface area contributed by atoms with E-state index in [0.29, 0.717) is 12.4 Å². The molecule has 110 valence electrons. The van der Waals surface area contributed by atoms with E-state index >= 15 is 0 Å². The Balaban J connectivity index is 2.53. The van der Waals surface area contributed by atoms with Gasteiger partial charge < -0.3 is 9.53 Å². The van der Waals surface area contributed by atoms with Crippen LogP contribution < -0.4 is 4.90 Å². The second-order valence-corrected chi connectivity index (χ2v) is 4.43. The molecule has 0 saturated carbocycles. The number of cyclic esters (lactones) is 1. The molecule has 0 N–H and O–H groups in total. The van der Waals surface area contributed by atoms with Gasteiger partial charge in [-0.15, -0.1) is 0 Å². The molecule has 1 fully saturated rings. The van der Waals surface area contributed by atoms with Gasteiger partial charge in [0.2, 0.25) is 0 Å². The quantitative estimate of drug-likeness (QED) is 0.786. The third kappa shape index (κ3) is 2.54. The number of halogens is 3. The van der Waals surface area contributed by atoms with Gasteiger partial charge in [-0.2, -0.15) is 18.4 Å². The molecule has 1 aromatic rings. The maximum atomic E-state index is 12.9. The van der Waals surface area contributed by atoms with Gasteiger partial charge in [0.15, 0.2) is 0 Å². The molecule has 1 heterocycles. The van der Waals surface area contributed by atoms with Gasteiger partial charge in [0.1, 0.15) is 18.4 Å². The third-order valence-electron chi connectivity index (χ3n) is 3.11. The number of amides is 1. The minimum Gasteiger partial charge on any atom is -0.443 e. The number of hydrogen-bond acceptors (Lipinski definition) is 4. The van der Waals surface area contributed by atoms with Crippen molar-refractivity contribution < 1.29 is 27.5 Å². The number of alkyl halides is 3. The first-order valence-corrected chi connectivity index (χ1v) is 5.86. The molecule has 1 aliphatic heterocycles. The summed E-state index contributed by atoms with van der Waals surface area (Å²) in [7, 11) is 0. The predicted octanol–water partition coefficient (Wildman–Crippen LogP) is 2.49. The summed E-state index contributed by atoms with van der Waals surface area (Å²) in [5.74, 6) is 0. The molecule has 2 rings (SSSR count). The number of anilines is 1. The molecule has 2 atom stereocenters. The van der Waals surface area contributed by atoms with Gasteiger partial charge in [-0.1, -0.05) is 0 Å². The number of rotatable bonds is 2. The van der Waals surface area contributed by atoms with Crippen molar-refractivity contribution in [2.45, 2.75) is 25.2 Å². The second kappa shape index (κ2) is 5.09. The van der Waals surface area contributed by atoms with Gasteiger partial charge in [-0.3, -0.25) is 4.90 Å². The molecule has 0 aromatic heterocycles. The van der Waals surface area contributed by atoms with E-state index in [4.69, 9.17) is 10.00 Å². The smallest absolute Gasteiger partial charge is 0.417 e. The van der Waals surface area contributed by atoms with Crippen LogP contribution in [0.15, 0.2) is 18.2 Å². The average molecular weight is 298 g/mol. The summed E-state index contributed by atoms with van der Waals surface area (Å²) in [6, 6.07) is 3.22. The van der Waals surface area contributed by atoms with Gasteiger partial charge in [0.25, 0.3) is 0 Å². The van der Waals surface area contributed by atoms with Crippen molar-refractivity contribution >= 4 is 18.1 Å². The lowest BCUT2D eigenvalue weighted by Crippen LogP contribution is -2.37. The average Bonchev–Trinajstić information content (AvgIpc) is 2.71. The normalized spacial score (nSPS) is 21.9. The summed E-state index contributed by atoms with van der Waals surface area (Å²) < 4.78 is 43.5. The lowest BCUT2D eigenvalue weighted by atomic mass is 10.1. The van der Waals surface area contributed by atoms with E-state index in [-0.39, 0.29) is 5.69 Å². The minimum absolute atomic E-state index is 0.146. The van der Waals surface area contributed by atoms with Gasteiger partial charge in [-0.25, -0.2) is 4.79 Å². The molecular weight excluding hydrogens is 289 g/mol. The van der Waals surface area contributed by atoms with Gasteiger partial charge in [0.05, 0.1) is 17.2 Å². The summed E-state index contributed by atoms with van der Waals surface area (Å²) in [4.78, 5) is 23.5. The Morgan fingerprint density at radius 1 is 1.43 bits per heavy atom. The molecule has 0 radical (unpaired) electrons. The Kier molecular flexibility index (Phi) is 3.60. The number of carbonyl (C=O) groups is 2. The number of ether oxygens (including phenoxy) is 1. The van der Waals surface area contributed by atoms with Crippen LogP contribution in [0.25, 0.3) is 0 Å². The molecule has 8 heteroatoms. The van der Waals surface area contributed by atoms with Crippen molar-refractivity contribution in [3.63, 3.8) is 0 Å². The summed E-state index contributed by atoms with van der Waals surface area (Å²) >= 11 is 0. The first-order chi connectivity index (χ1) is 9.79. The first kappa shape index (κ1) is 14.8. The van der Waals surface area contributed by atoms with Crippen LogP contribution in [0.2, 0.25) is 0 Å². The highest BCUT2D eigenvalue weighted by molar-refractivity contribution is 5.95. The van der Waals surface area contributed by atoms with Crippen LogP contribution in [0.5, 0.6) is 0 Å². The first-order valence-electron chi connectivity index (χ1n) is 5.86. The van der Waals surface area contributed by atoms with Gasteiger partial charge >= 0.3 is 12.3 Å². The number of hydrogen-bond donors (Lipinski definition) is 0. The molecule has 1 aromatic carbocycles. The fourth-order valence-electron chi connectivity index (χ4n) is 2.08. The van der Waals surface area contributed by atoms with Crippen molar-refractivity contribution in [3.05, 3.63) is 29.3 Å². The highest BCUT2D eigenvalue weighted by Gasteiger charge is 2.41. The van der Waals surface area contributed by atoms with Gasteiger partial charge in [0, 0.05) is 5.69 Å². The maximum absolute atomic E-state index is 12.9. The van der Waals surface area contributed by atoms with Crippen LogP contribution in [0, 0.1) is 11.3 Å². The monoisotopic (exact) mass is 298 g/mol. The molecule has 0 bridgehead atoms. The summed E-state index contributed by atoms with van der Waals surface area (Å²) in [5, 5.41) is 8.72. The van der Waals surface area contributed by atoms with E-state index in [1.165, 1.54) is 19.1 Å². The number of nitriles is 1. The molecular formula is C13H9F3N2O3. The second-order valence-electron chi connectivity index (χ2n) is 4.43. The Labute approximate surface area is 117 Å². The SMILES string of the molecule is C[C@@H]1OC(=O)N(c2ccc(C#N)c(C(F)(F)F)c2)[C@H]1C=O. The van der Waals surface area contributed by atoms with Crippen LogP contribution in [0.1, 0.15) is 18.1 Å². The van der Waals surface area contributed by atoms with E-state index in [1.54, 1.807) is 0 Å². The zero-order chi connectivity index (χ0) is 15.8. The highest BCUT2D eigenvalue weighted by atomic mass is 19.4. The lowest BCUT2D eigenvalue weighted by molar-refractivity contribution is -0.137. The summed E-state index contributed by atoms with van der Waals surface area (Å²) in [6.07, 6.45) is -5.98. The number of aldehydes is 1. The van der Waals surface area contributed by atoms with Crippen LogP contribution in [0.3, 0.4) is 0 Å². The fourth-order valence-corrected chi connectivity index (χ4v) is 2.08. The summed E-state index contributed by atoms with van der Waals surface area (Å²) in [5.41, 5.74) is -1.87. The van der Waals surface area contributed by atoms with Crippen molar-refractivity contribution in [3.8, 4) is 6.07 Å². The molecule has 1 amide bonds. The van der Waals surface area contributed by atoms with Crippen LogP contribution in [0.4, 0.5) is 23.7 Å². The Morgan fingerprint density at radius 3 is 2.62 bits per heavy atom. The predicted molar refractivity (Wildman–Crippen MR) is 64.4 cm³/mol. The lowest BCUT2D eigenvalue weighted by Gasteiger charge is -2.20. The highest BCUT2D eigenvalue weighted by Crippen LogP contribution is 2.36. The van der Waals surface area contributed by atoms with Crippen LogP contribution in [-0.2, 0) is 15.7 Å². The van der Waals surface area contributed by atoms with Crippen LogP contribution in [-0.4, -0.2) is 24.5 Å². The molecule has 1 saturated heterocycles. The number of benzene rings is 1. The Hall–Kier alpha value is -2.56. The molecule has 0 unspecified atom stereocenters. The fraction of sp³-hybridized carbons (Fsp3) is 0.308. The van der Waals surface area contributed by atoms with Crippen molar-refractivity contribution in [2.75, 3.05) is 4.90 Å². The van der Waals surface area contributed by atoms with E-state index < -0.39 is 35.5 Å². The zero-order valence-electron chi connectivity index (χ0n) is 10.7. The van der Waals surface area contributed by atoms with Crippen molar-refractivity contribution in [2.24, 2.45) is 0 Å². The third-order valence-corrected chi connectivity index (χ3v) is 3.11. The van der Waals surface area contributed by atoms with Crippen LogP contribution >= 0.6 is 0 Å². The van der Waals surface area contributed by atoms with E-state index in [0.717, 1.165) is 11.0 Å². The number of nitrogens with zero attached hydrogens (tertiary/aromatic N) is 2. The van der Waals surface area contributed by atoms with E-state index in [2.05, 4.69) is 0 Å². The van der Waals surface area contributed by atoms with Gasteiger partial charge in [-0.05, 0) is 25.1 Å². The zero-order valence-corrected chi connectivity index (χ0v) is 10.7.